The SMILES string of the molecule is Cc1ccn(Cc2ccc(S(=O)(=O)N(C)C)o2)c(=O)c1. The fourth-order valence-corrected chi connectivity index (χ4v) is 2.48. The summed E-state index contributed by atoms with van der Waals surface area (Å²) in [5.41, 5.74) is 0.722. The number of rotatable bonds is 4. The Morgan fingerprint density at radius 2 is 1.95 bits per heavy atom. The standard InChI is InChI=1S/C13H16N2O4S/c1-10-6-7-15(12(16)8-10)9-11-4-5-13(19-11)20(17,18)14(2)3/h4-8H,9H2,1-3H3. The van der Waals surface area contributed by atoms with Gasteiger partial charge in [-0.05, 0) is 30.7 Å². The van der Waals surface area contributed by atoms with Crippen LogP contribution in [0.25, 0.3) is 0 Å². The number of aromatic nitrogens is 1. The Morgan fingerprint density at radius 3 is 2.55 bits per heavy atom. The minimum atomic E-state index is -3.59. The van der Waals surface area contributed by atoms with E-state index in [-0.39, 0.29) is 17.2 Å². The molecule has 0 spiro atoms. The fraction of sp³-hybridized carbons (Fsp3) is 0.308. The van der Waals surface area contributed by atoms with Crippen molar-refractivity contribution >= 4 is 10.0 Å². The van der Waals surface area contributed by atoms with E-state index in [1.54, 1.807) is 12.3 Å². The van der Waals surface area contributed by atoms with Gasteiger partial charge in [-0.2, -0.15) is 0 Å². The van der Waals surface area contributed by atoms with E-state index in [0.717, 1.165) is 9.87 Å². The van der Waals surface area contributed by atoms with Crippen LogP contribution in [-0.2, 0) is 16.6 Å². The Labute approximate surface area is 117 Å². The Balaban J connectivity index is 2.29. The molecule has 0 aliphatic rings. The van der Waals surface area contributed by atoms with Crippen molar-refractivity contribution in [3.8, 4) is 0 Å². The quantitative estimate of drug-likeness (QED) is 0.845. The van der Waals surface area contributed by atoms with E-state index in [2.05, 4.69) is 0 Å². The number of aryl methyl sites for hydroxylation is 1. The van der Waals surface area contributed by atoms with Gasteiger partial charge < -0.3 is 8.98 Å². The summed E-state index contributed by atoms with van der Waals surface area (Å²) >= 11 is 0. The molecule has 7 heteroatoms. The Hall–Kier alpha value is -1.86. The Morgan fingerprint density at radius 1 is 1.25 bits per heavy atom. The van der Waals surface area contributed by atoms with Crippen molar-refractivity contribution in [2.24, 2.45) is 0 Å². The maximum Gasteiger partial charge on any atom is 0.275 e. The molecule has 0 N–H and O–H groups in total. The molecule has 108 valence electrons. The highest BCUT2D eigenvalue weighted by Crippen LogP contribution is 2.17. The molecule has 0 amide bonds. The molecule has 0 atom stereocenters. The monoisotopic (exact) mass is 296 g/mol. The molecule has 0 aliphatic heterocycles. The van der Waals surface area contributed by atoms with Gasteiger partial charge in [-0.25, -0.2) is 12.7 Å². The van der Waals surface area contributed by atoms with Crippen LogP contribution in [0.2, 0.25) is 0 Å². The van der Waals surface area contributed by atoms with Crippen molar-refractivity contribution in [1.82, 2.24) is 8.87 Å². The van der Waals surface area contributed by atoms with Gasteiger partial charge in [0, 0.05) is 26.4 Å². The zero-order chi connectivity index (χ0) is 14.9. The average Bonchev–Trinajstić information content (AvgIpc) is 2.81. The third-order valence-electron chi connectivity index (χ3n) is 2.85. The maximum atomic E-state index is 11.9. The summed E-state index contributed by atoms with van der Waals surface area (Å²) in [5.74, 6) is 0.413. The molecular formula is C13H16N2O4S. The summed E-state index contributed by atoms with van der Waals surface area (Å²) in [6.45, 7) is 2.03. The van der Waals surface area contributed by atoms with Crippen LogP contribution in [0.15, 0.2) is 44.8 Å². The first kappa shape index (κ1) is 14.5. The van der Waals surface area contributed by atoms with Crippen LogP contribution in [0.4, 0.5) is 0 Å². The fourth-order valence-electron chi connectivity index (χ4n) is 1.67. The van der Waals surface area contributed by atoms with Gasteiger partial charge in [0.15, 0.2) is 0 Å². The molecule has 20 heavy (non-hydrogen) atoms. The van der Waals surface area contributed by atoms with E-state index in [1.807, 2.05) is 13.0 Å². The molecule has 2 aromatic rings. The van der Waals surface area contributed by atoms with Crippen LogP contribution in [-0.4, -0.2) is 31.4 Å². The average molecular weight is 296 g/mol. The molecule has 0 aliphatic carbocycles. The van der Waals surface area contributed by atoms with Gasteiger partial charge in [-0.3, -0.25) is 4.79 Å². The molecule has 0 saturated heterocycles. The van der Waals surface area contributed by atoms with Crippen LogP contribution in [0.1, 0.15) is 11.3 Å². The van der Waals surface area contributed by atoms with E-state index in [9.17, 15) is 13.2 Å². The van der Waals surface area contributed by atoms with Gasteiger partial charge in [-0.1, -0.05) is 0 Å². The molecule has 2 heterocycles. The molecule has 0 fully saturated rings. The first-order chi connectivity index (χ1) is 9.30. The van der Waals surface area contributed by atoms with Crippen molar-refractivity contribution in [3.05, 3.63) is 52.1 Å². The lowest BCUT2D eigenvalue weighted by atomic mass is 10.3. The predicted octanol–water partition coefficient (Wildman–Crippen LogP) is 1.05. The van der Waals surface area contributed by atoms with E-state index < -0.39 is 10.0 Å². The summed E-state index contributed by atoms with van der Waals surface area (Å²) in [6, 6.07) is 6.27. The second-order valence-corrected chi connectivity index (χ2v) is 6.76. The van der Waals surface area contributed by atoms with Crippen LogP contribution in [0.5, 0.6) is 0 Å². The molecule has 0 unspecified atom stereocenters. The first-order valence-electron chi connectivity index (χ1n) is 5.99. The van der Waals surface area contributed by atoms with Gasteiger partial charge in [0.2, 0.25) is 5.09 Å². The van der Waals surface area contributed by atoms with Crippen molar-refractivity contribution < 1.29 is 12.8 Å². The lowest BCUT2D eigenvalue weighted by Crippen LogP contribution is -2.21. The molecule has 0 saturated carbocycles. The summed E-state index contributed by atoms with van der Waals surface area (Å²) in [4.78, 5) is 11.8. The maximum absolute atomic E-state index is 11.9. The topological polar surface area (TPSA) is 72.5 Å². The number of hydrogen-bond acceptors (Lipinski definition) is 4. The molecular weight excluding hydrogens is 280 g/mol. The van der Waals surface area contributed by atoms with Crippen LogP contribution >= 0.6 is 0 Å². The van der Waals surface area contributed by atoms with Crippen LogP contribution < -0.4 is 5.56 Å². The summed E-state index contributed by atoms with van der Waals surface area (Å²) in [6.07, 6.45) is 1.65. The van der Waals surface area contributed by atoms with Gasteiger partial charge in [0.25, 0.3) is 15.6 Å². The largest absolute Gasteiger partial charge is 0.446 e. The minimum absolute atomic E-state index is 0.127. The highest BCUT2D eigenvalue weighted by molar-refractivity contribution is 7.88. The Bertz CT molecular complexity index is 772. The molecule has 2 rings (SSSR count). The van der Waals surface area contributed by atoms with Gasteiger partial charge in [-0.15, -0.1) is 0 Å². The van der Waals surface area contributed by atoms with E-state index in [4.69, 9.17) is 4.42 Å². The second-order valence-electron chi connectivity index (χ2n) is 4.68. The molecule has 0 bridgehead atoms. The van der Waals surface area contributed by atoms with Crippen molar-refractivity contribution in [3.63, 3.8) is 0 Å². The highest BCUT2D eigenvalue weighted by atomic mass is 32.2. The zero-order valence-electron chi connectivity index (χ0n) is 11.5. The Kier molecular flexibility index (Phi) is 3.82. The summed E-state index contributed by atoms with van der Waals surface area (Å²) in [5, 5.41) is -0.127. The van der Waals surface area contributed by atoms with Crippen LogP contribution in [0.3, 0.4) is 0 Å². The van der Waals surface area contributed by atoms with Crippen molar-refractivity contribution in [1.29, 1.82) is 0 Å². The zero-order valence-corrected chi connectivity index (χ0v) is 12.3. The van der Waals surface area contributed by atoms with Gasteiger partial charge >= 0.3 is 0 Å². The van der Waals surface area contributed by atoms with Crippen LogP contribution in [0, 0.1) is 6.92 Å². The van der Waals surface area contributed by atoms with Gasteiger partial charge in [0.1, 0.15) is 5.76 Å². The van der Waals surface area contributed by atoms with Crippen molar-refractivity contribution in [2.45, 2.75) is 18.6 Å². The molecule has 6 nitrogen and oxygen atoms in total. The first-order valence-corrected chi connectivity index (χ1v) is 7.43. The number of nitrogens with zero attached hydrogens (tertiary/aromatic N) is 2. The third-order valence-corrected chi connectivity index (χ3v) is 4.54. The summed E-state index contributed by atoms with van der Waals surface area (Å²) < 4.78 is 31.6. The summed E-state index contributed by atoms with van der Waals surface area (Å²) in [7, 11) is -0.721. The lowest BCUT2D eigenvalue weighted by molar-refractivity contribution is 0.391. The van der Waals surface area contributed by atoms with E-state index >= 15 is 0 Å². The molecule has 2 aromatic heterocycles. The number of sulfonamides is 1. The predicted molar refractivity (Wildman–Crippen MR) is 74.1 cm³/mol. The third kappa shape index (κ3) is 2.83. The van der Waals surface area contributed by atoms with Gasteiger partial charge in [0.05, 0.1) is 6.54 Å². The van der Waals surface area contributed by atoms with Crippen molar-refractivity contribution in [2.75, 3.05) is 14.1 Å². The normalized spacial score (nSPS) is 12.0. The number of pyridine rings is 1. The van der Waals surface area contributed by atoms with E-state index in [0.29, 0.717) is 5.76 Å². The van der Waals surface area contributed by atoms with E-state index in [1.165, 1.54) is 30.8 Å². The molecule has 0 aromatic carbocycles. The lowest BCUT2D eigenvalue weighted by Gasteiger charge is -2.08. The molecule has 0 radical (unpaired) electrons. The number of hydrogen-bond donors (Lipinski definition) is 0. The number of furan rings is 1. The smallest absolute Gasteiger partial charge is 0.275 e. The highest BCUT2D eigenvalue weighted by Gasteiger charge is 2.21. The minimum Gasteiger partial charge on any atom is -0.446 e. The second kappa shape index (κ2) is 5.26.